The molecule has 0 unspecified atom stereocenters. The maximum absolute atomic E-state index is 12.8. The molecule has 24 heavy (non-hydrogen) atoms. The van der Waals surface area contributed by atoms with Crippen molar-refractivity contribution >= 4 is 28.9 Å². The van der Waals surface area contributed by atoms with E-state index in [9.17, 15) is 9.90 Å². The molecular formula is C18H16ClN3O2. The van der Waals surface area contributed by atoms with Gasteiger partial charge in [0.1, 0.15) is 6.10 Å². The van der Waals surface area contributed by atoms with Crippen LogP contribution in [0.3, 0.4) is 0 Å². The second-order valence-corrected chi connectivity index (χ2v) is 6.51. The van der Waals surface area contributed by atoms with Gasteiger partial charge >= 0.3 is 0 Å². The molecule has 4 rings (SSSR count). The number of aliphatic hydroxyl groups is 1. The first-order chi connectivity index (χ1) is 11.5. The summed E-state index contributed by atoms with van der Waals surface area (Å²) in [5.74, 6) is -0.161. The summed E-state index contributed by atoms with van der Waals surface area (Å²) in [6, 6.07) is 14.6. The monoisotopic (exact) mass is 341 g/mol. The molecule has 0 aromatic heterocycles. The quantitative estimate of drug-likeness (QED) is 0.867. The number of amides is 1. The molecule has 0 saturated carbocycles. The van der Waals surface area contributed by atoms with Gasteiger partial charge in [-0.2, -0.15) is 5.10 Å². The normalized spacial score (nSPS) is 25.4. The first-order valence-corrected chi connectivity index (χ1v) is 8.02. The third-order valence-electron chi connectivity index (χ3n) is 4.78. The van der Waals surface area contributed by atoms with Crippen LogP contribution in [0.4, 0.5) is 5.69 Å². The molecule has 0 bridgehead atoms. The number of benzene rings is 2. The van der Waals surface area contributed by atoms with Crippen molar-refractivity contribution < 1.29 is 9.90 Å². The Balaban J connectivity index is 2.01. The largest absolute Gasteiger partial charge is 0.382 e. The van der Waals surface area contributed by atoms with Gasteiger partial charge in [0, 0.05) is 23.2 Å². The number of para-hydroxylation sites is 1. The predicted octanol–water partition coefficient (Wildman–Crippen LogP) is 2.84. The fourth-order valence-electron chi connectivity index (χ4n) is 3.63. The number of rotatable bonds is 1. The first-order valence-electron chi connectivity index (χ1n) is 7.64. The van der Waals surface area contributed by atoms with Crippen molar-refractivity contribution in [2.45, 2.75) is 18.7 Å². The van der Waals surface area contributed by atoms with Crippen LogP contribution in [-0.4, -0.2) is 34.8 Å². The molecule has 2 atom stereocenters. The van der Waals surface area contributed by atoms with Crippen molar-refractivity contribution in [3.05, 3.63) is 64.7 Å². The molecule has 5 nitrogen and oxygen atoms in total. The van der Waals surface area contributed by atoms with E-state index in [-0.39, 0.29) is 5.91 Å². The number of hydrogen-bond donors (Lipinski definition) is 1. The fourth-order valence-corrected chi connectivity index (χ4v) is 3.80. The average molecular weight is 342 g/mol. The molecule has 0 radical (unpaired) electrons. The van der Waals surface area contributed by atoms with Crippen LogP contribution in [0.5, 0.6) is 0 Å². The van der Waals surface area contributed by atoms with Crippen molar-refractivity contribution in [3.8, 4) is 0 Å². The van der Waals surface area contributed by atoms with Gasteiger partial charge in [-0.1, -0.05) is 29.8 Å². The molecule has 0 fully saturated rings. The summed E-state index contributed by atoms with van der Waals surface area (Å²) in [4.78, 5) is 14.3. The van der Waals surface area contributed by atoms with Crippen LogP contribution in [0, 0.1) is 0 Å². The maximum Gasteiger partial charge on any atom is 0.256 e. The third-order valence-corrected chi connectivity index (χ3v) is 5.02. The number of nitrogens with zero attached hydrogens (tertiary/aromatic N) is 3. The standard InChI is InChI=1S/C18H16ClN3O2/c1-11-16(23)18(22(20-11)13-6-4-3-5-7-13)15-10-12(19)8-9-14(15)17(24)21(18)2/h3-10,16,23H,1-2H3/t16-,18+/m1/s1. The zero-order chi connectivity index (χ0) is 17.1. The number of carbonyl (C=O) groups is 1. The fraction of sp³-hybridized carbons (Fsp3) is 0.222. The Bertz CT molecular complexity index is 868. The zero-order valence-electron chi connectivity index (χ0n) is 13.3. The Kier molecular flexibility index (Phi) is 3.20. The number of likely N-dealkylation sites (N-methyl/N-ethyl adjacent to an activating group) is 1. The summed E-state index contributed by atoms with van der Waals surface area (Å²) < 4.78 is 0. The molecule has 1 N–H and O–H groups in total. The molecule has 122 valence electrons. The second-order valence-electron chi connectivity index (χ2n) is 6.07. The third kappa shape index (κ3) is 1.74. The van der Waals surface area contributed by atoms with E-state index in [1.807, 2.05) is 30.3 Å². The van der Waals surface area contributed by atoms with Crippen molar-refractivity contribution in [1.29, 1.82) is 0 Å². The van der Waals surface area contributed by atoms with E-state index in [1.165, 1.54) is 0 Å². The molecule has 0 aliphatic carbocycles. The summed E-state index contributed by atoms with van der Waals surface area (Å²) in [7, 11) is 1.68. The van der Waals surface area contributed by atoms with Crippen LogP contribution >= 0.6 is 11.6 Å². The van der Waals surface area contributed by atoms with E-state index in [4.69, 9.17) is 11.6 Å². The van der Waals surface area contributed by atoms with Gasteiger partial charge in [-0.25, -0.2) is 5.01 Å². The van der Waals surface area contributed by atoms with E-state index in [1.54, 1.807) is 42.1 Å². The Hall–Kier alpha value is -2.37. The molecule has 6 heteroatoms. The van der Waals surface area contributed by atoms with Gasteiger partial charge < -0.3 is 10.0 Å². The minimum atomic E-state index is -1.12. The van der Waals surface area contributed by atoms with Gasteiger partial charge in [-0.15, -0.1) is 0 Å². The average Bonchev–Trinajstić information content (AvgIpc) is 2.98. The summed E-state index contributed by atoms with van der Waals surface area (Å²) in [6.45, 7) is 1.76. The number of halogens is 1. The Morgan fingerprint density at radius 2 is 1.92 bits per heavy atom. The van der Waals surface area contributed by atoms with E-state index in [0.717, 1.165) is 5.69 Å². The molecule has 1 amide bonds. The van der Waals surface area contributed by atoms with E-state index in [0.29, 0.717) is 21.9 Å². The number of anilines is 1. The highest BCUT2D eigenvalue weighted by atomic mass is 35.5. The van der Waals surface area contributed by atoms with Gasteiger partial charge in [0.15, 0.2) is 5.66 Å². The van der Waals surface area contributed by atoms with Gasteiger partial charge in [0.2, 0.25) is 0 Å². The van der Waals surface area contributed by atoms with Gasteiger partial charge in [-0.05, 0) is 37.3 Å². The lowest BCUT2D eigenvalue weighted by molar-refractivity contribution is 0.0295. The molecular weight excluding hydrogens is 326 g/mol. The highest BCUT2D eigenvalue weighted by molar-refractivity contribution is 6.30. The maximum atomic E-state index is 12.8. The Labute approximate surface area is 144 Å². The lowest BCUT2D eigenvalue weighted by Crippen LogP contribution is -2.58. The lowest BCUT2D eigenvalue weighted by atomic mass is 9.90. The summed E-state index contributed by atoms with van der Waals surface area (Å²) in [5, 5.41) is 17.8. The van der Waals surface area contributed by atoms with Crippen LogP contribution in [0.25, 0.3) is 0 Å². The predicted molar refractivity (Wildman–Crippen MR) is 93.3 cm³/mol. The topological polar surface area (TPSA) is 56.1 Å². The number of fused-ring (bicyclic) bond motifs is 2. The molecule has 1 spiro atoms. The van der Waals surface area contributed by atoms with E-state index in [2.05, 4.69) is 5.10 Å². The summed E-state index contributed by atoms with van der Waals surface area (Å²) >= 11 is 6.19. The summed E-state index contributed by atoms with van der Waals surface area (Å²) in [5.41, 5.74) is 1.42. The Morgan fingerprint density at radius 3 is 2.62 bits per heavy atom. The van der Waals surface area contributed by atoms with Crippen molar-refractivity contribution in [1.82, 2.24) is 4.90 Å². The van der Waals surface area contributed by atoms with Gasteiger partial charge in [0.25, 0.3) is 5.91 Å². The molecule has 2 aliphatic heterocycles. The molecule has 0 saturated heterocycles. The minimum Gasteiger partial charge on any atom is -0.382 e. The van der Waals surface area contributed by atoms with E-state index < -0.39 is 11.8 Å². The van der Waals surface area contributed by atoms with Gasteiger partial charge in [-0.3, -0.25) is 4.79 Å². The summed E-state index contributed by atoms with van der Waals surface area (Å²) in [6.07, 6.45) is -0.952. The zero-order valence-corrected chi connectivity index (χ0v) is 14.0. The van der Waals surface area contributed by atoms with Crippen molar-refractivity contribution in [2.24, 2.45) is 5.10 Å². The number of carbonyl (C=O) groups excluding carboxylic acids is 1. The van der Waals surface area contributed by atoms with Crippen molar-refractivity contribution in [3.63, 3.8) is 0 Å². The highest BCUT2D eigenvalue weighted by Gasteiger charge is 2.61. The van der Waals surface area contributed by atoms with Crippen LogP contribution < -0.4 is 5.01 Å². The van der Waals surface area contributed by atoms with Gasteiger partial charge in [0.05, 0.1) is 11.4 Å². The molecule has 2 aromatic rings. The second kappa shape index (κ2) is 5.06. The minimum absolute atomic E-state index is 0.161. The smallest absolute Gasteiger partial charge is 0.256 e. The van der Waals surface area contributed by atoms with Crippen LogP contribution in [0.15, 0.2) is 53.6 Å². The van der Waals surface area contributed by atoms with E-state index >= 15 is 0 Å². The Morgan fingerprint density at radius 1 is 1.21 bits per heavy atom. The SMILES string of the molecule is CC1=NN(c2ccccc2)[C@@]2(c3cc(Cl)ccc3C(=O)N2C)[C@@H]1O. The molecule has 2 heterocycles. The molecule has 2 aliphatic rings. The first kappa shape index (κ1) is 15.2. The van der Waals surface area contributed by atoms with Crippen molar-refractivity contribution in [2.75, 3.05) is 12.1 Å². The van der Waals surface area contributed by atoms with Crippen LogP contribution in [-0.2, 0) is 5.66 Å². The highest BCUT2D eigenvalue weighted by Crippen LogP contribution is 2.49. The van der Waals surface area contributed by atoms with Crippen LogP contribution in [0.1, 0.15) is 22.8 Å². The number of hydrogen-bond acceptors (Lipinski definition) is 4. The molecule has 2 aromatic carbocycles. The number of aliphatic hydroxyl groups excluding tert-OH is 1. The number of hydrazone groups is 1. The van der Waals surface area contributed by atoms with Crippen LogP contribution in [0.2, 0.25) is 5.02 Å². The lowest BCUT2D eigenvalue weighted by Gasteiger charge is -2.42.